The van der Waals surface area contributed by atoms with Crippen molar-refractivity contribution in [2.24, 2.45) is 0 Å². The van der Waals surface area contributed by atoms with E-state index in [4.69, 9.17) is 16.7 Å². The highest BCUT2D eigenvalue weighted by molar-refractivity contribution is 6.29. The number of rotatable bonds is 4. The van der Waals surface area contributed by atoms with Crippen molar-refractivity contribution in [3.05, 3.63) is 17.3 Å². The highest BCUT2D eigenvalue weighted by Crippen LogP contribution is 2.08. The summed E-state index contributed by atoms with van der Waals surface area (Å²) in [4.78, 5) is 0. The second-order valence-corrected chi connectivity index (χ2v) is 3.64. The van der Waals surface area contributed by atoms with Crippen molar-refractivity contribution in [1.29, 1.82) is 0 Å². The Hall–Kier alpha value is -0.910. The van der Waals surface area contributed by atoms with Crippen LogP contribution in [-0.4, -0.2) is 39.2 Å². The van der Waals surface area contributed by atoms with E-state index in [0.717, 1.165) is 0 Å². The monoisotopic (exact) mass is 217 g/mol. The summed E-state index contributed by atoms with van der Waals surface area (Å²) in [6, 6.07) is 3.23. The van der Waals surface area contributed by atoms with Gasteiger partial charge >= 0.3 is 0 Å². The Kier molecular flexibility index (Phi) is 3.62. The zero-order valence-corrected chi connectivity index (χ0v) is 8.49. The molecule has 1 aromatic heterocycles. The molecule has 0 aliphatic rings. The van der Waals surface area contributed by atoms with Crippen LogP contribution in [-0.2, 0) is 0 Å². The summed E-state index contributed by atoms with van der Waals surface area (Å²) in [6.07, 6.45) is 0. The first-order valence-corrected chi connectivity index (χ1v) is 4.48. The lowest BCUT2D eigenvalue weighted by Gasteiger charge is -2.20. The summed E-state index contributed by atoms with van der Waals surface area (Å²) < 4.78 is 0. The number of anilines is 1. The maximum absolute atomic E-state index is 9.45. The van der Waals surface area contributed by atoms with Crippen LogP contribution in [0.4, 0.5) is 5.82 Å². The van der Waals surface area contributed by atoms with Crippen LogP contribution in [0.15, 0.2) is 12.1 Å². The van der Waals surface area contributed by atoms with Crippen LogP contribution in [0.25, 0.3) is 0 Å². The zero-order chi connectivity index (χ0) is 10.6. The first-order chi connectivity index (χ1) is 6.53. The van der Waals surface area contributed by atoms with E-state index in [1.165, 1.54) is 6.92 Å². The van der Waals surface area contributed by atoms with Crippen molar-refractivity contribution < 1.29 is 10.2 Å². The third-order valence-electron chi connectivity index (χ3n) is 1.62. The Balaban J connectivity index is 2.50. The summed E-state index contributed by atoms with van der Waals surface area (Å²) in [5.41, 5.74) is -1.17. The smallest absolute Gasteiger partial charge is 0.151 e. The highest BCUT2D eigenvalue weighted by atomic mass is 35.5. The number of hydrogen-bond donors (Lipinski definition) is 3. The first kappa shape index (κ1) is 11.2. The van der Waals surface area contributed by atoms with Crippen molar-refractivity contribution in [2.75, 3.05) is 18.5 Å². The molecule has 0 amide bonds. The molecule has 0 saturated carbocycles. The molecule has 0 unspecified atom stereocenters. The van der Waals surface area contributed by atoms with Crippen molar-refractivity contribution in [2.45, 2.75) is 12.5 Å². The first-order valence-electron chi connectivity index (χ1n) is 4.10. The van der Waals surface area contributed by atoms with E-state index >= 15 is 0 Å². The third-order valence-corrected chi connectivity index (χ3v) is 1.82. The minimum Gasteiger partial charge on any atom is -0.393 e. The Morgan fingerprint density at radius 2 is 2.21 bits per heavy atom. The van der Waals surface area contributed by atoms with Gasteiger partial charge in [0.1, 0.15) is 11.4 Å². The van der Waals surface area contributed by atoms with Gasteiger partial charge in [0.15, 0.2) is 5.15 Å². The lowest BCUT2D eigenvalue weighted by Crippen LogP contribution is -2.37. The van der Waals surface area contributed by atoms with Crippen molar-refractivity contribution in [3.8, 4) is 0 Å². The van der Waals surface area contributed by atoms with Crippen LogP contribution < -0.4 is 5.32 Å². The van der Waals surface area contributed by atoms with Crippen LogP contribution in [0, 0.1) is 0 Å². The molecule has 0 spiro atoms. The SMILES string of the molecule is C[C@](O)(CO)CNc1ccc(Cl)nn1. The van der Waals surface area contributed by atoms with Crippen molar-refractivity contribution in [1.82, 2.24) is 10.2 Å². The minimum absolute atomic E-state index is 0.194. The van der Waals surface area contributed by atoms with Crippen molar-refractivity contribution in [3.63, 3.8) is 0 Å². The van der Waals surface area contributed by atoms with Gasteiger partial charge in [-0.25, -0.2) is 0 Å². The van der Waals surface area contributed by atoms with Crippen LogP contribution in [0.2, 0.25) is 5.15 Å². The Morgan fingerprint density at radius 3 is 2.71 bits per heavy atom. The average molecular weight is 218 g/mol. The van der Waals surface area contributed by atoms with Crippen LogP contribution in [0.5, 0.6) is 0 Å². The second-order valence-electron chi connectivity index (χ2n) is 3.25. The van der Waals surface area contributed by atoms with Gasteiger partial charge in [0.2, 0.25) is 0 Å². The molecule has 1 atom stereocenters. The lowest BCUT2D eigenvalue weighted by molar-refractivity contribution is 0.0131. The molecule has 14 heavy (non-hydrogen) atoms. The molecule has 0 aliphatic heterocycles. The third kappa shape index (κ3) is 3.45. The Bertz CT molecular complexity index is 289. The minimum atomic E-state index is -1.17. The largest absolute Gasteiger partial charge is 0.393 e. The lowest BCUT2D eigenvalue weighted by atomic mass is 10.1. The number of halogens is 1. The van der Waals surface area contributed by atoms with E-state index in [-0.39, 0.29) is 13.2 Å². The van der Waals surface area contributed by atoms with E-state index in [1.807, 2.05) is 0 Å². The van der Waals surface area contributed by atoms with E-state index in [1.54, 1.807) is 12.1 Å². The summed E-state index contributed by atoms with van der Waals surface area (Å²) in [6.45, 7) is 1.39. The fourth-order valence-electron chi connectivity index (χ4n) is 0.747. The number of nitrogens with zero attached hydrogens (tertiary/aromatic N) is 2. The summed E-state index contributed by atoms with van der Waals surface area (Å²) in [7, 11) is 0. The molecule has 3 N–H and O–H groups in total. The molecule has 0 saturated heterocycles. The summed E-state index contributed by atoms with van der Waals surface area (Å²) in [5.74, 6) is 0.503. The molecule has 1 heterocycles. The fraction of sp³-hybridized carbons (Fsp3) is 0.500. The molecule has 0 radical (unpaired) electrons. The number of aliphatic hydroxyl groups excluding tert-OH is 1. The fourth-order valence-corrected chi connectivity index (χ4v) is 0.848. The maximum Gasteiger partial charge on any atom is 0.151 e. The number of aromatic nitrogens is 2. The van der Waals surface area contributed by atoms with Gasteiger partial charge in [-0.05, 0) is 19.1 Å². The van der Waals surface area contributed by atoms with Crippen LogP contribution in [0.3, 0.4) is 0 Å². The molecule has 0 fully saturated rings. The van der Waals surface area contributed by atoms with E-state index in [2.05, 4.69) is 15.5 Å². The number of nitrogens with one attached hydrogen (secondary N) is 1. The molecule has 0 bridgehead atoms. The maximum atomic E-state index is 9.45. The molecule has 0 aromatic carbocycles. The zero-order valence-electron chi connectivity index (χ0n) is 7.74. The van der Waals surface area contributed by atoms with E-state index in [0.29, 0.717) is 11.0 Å². The number of aliphatic hydroxyl groups is 2. The predicted molar refractivity (Wildman–Crippen MR) is 53.2 cm³/mol. The van der Waals surface area contributed by atoms with Gasteiger partial charge in [-0.3, -0.25) is 0 Å². The molecule has 78 valence electrons. The highest BCUT2D eigenvalue weighted by Gasteiger charge is 2.18. The number of hydrogen-bond acceptors (Lipinski definition) is 5. The molecule has 5 nitrogen and oxygen atoms in total. The summed E-state index contributed by atoms with van der Waals surface area (Å²) >= 11 is 5.54. The normalized spacial score (nSPS) is 14.9. The quantitative estimate of drug-likeness (QED) is 0.676. The van der Waals surface area contributed by atoms with Gasteiger partial charge < -0.3 is 15.5 Å². The molecule has 6 heteroatoms. The van der Waals surface area contributed by atoms with Gasteiger partial charge in [0.05, 0.1) is 6.61 Å². The molecule has 1 rings (SSSR count). The summed E-state index contributed by atoms with van der Waals surface area (Å²) in [5, 5.41) is 28.7. The Morgan fingerprint density at radius 1 is 1.50 bits per heavy atom. The topological polar surface area (TPSA) is 78.3 Å². The second kappa shape index (κ2) is 4.54. The van der Waals surface area contributed by atoms with Gasteiger partial charge in [0, 0.05) is 6.54 Å². The van der Waals surface area contributed by atoms with Gasteiger partial charge in [-0.15, -0.1) is 10.2 Å². The van der Waals surface area contributed by atoms with E-state index in [9.17, 15) is 5.11 Å². The van der Waals surface area contributed by atoms with E-state index < -0.39 is 5.60 Å². The average Bonchev–Trinajstić information content (AvgIpc) is 2.17. The van der Waals surface area contributed by atoms with Gasteiger partial charge in [-0.2, -0.15) is 0 Å². The Labute approximate surface area is 86.7 Å². The standard InChI is InChI=1S/C8H12ClN3O2/c1-8(14,5-13)4-10-7-3-2-6(9)11-12-7/h2-3,13-14H,4-5H2,1H3,(H,10,12)/t8-/m1/s1. The molecular weight excluding hydrogens is 206 g/mol. The molecule has 0 aliphatic carbocycles. The predicted octanol–water partition coefficient (Wildman–Crippen LogP) is 0.285. The van der Waals surface area contributed by atoms with Gasteiger partial charge in [0.25, 0.3) is 0 Å². The van der Waals surface area contributed by atoms with Crippen LogP contribution in [0.1, 0.15) is 6.92 Å². The van der Waals surface area contributed by atoms with Crippen molar-refractivity contribution >= 4 is 17.4 Å². The molecule has 1 aromatic rings. The van der Waals surface area contributed by atoms with Crippen LogP contribution >= 0.6 is 11.6 Å². The van der Waals surface area contributed by atoms with Gasteiger partial charge in [-0.1, -0.05) is 11.6 Å². The molecular formula is C8H12ClN3O2.